The maximum Gasteiger partial charge on any atom is 0.188 e. The number of aromatic nitrogens is 3. The number of hydrogen-bond donors (Lipinski definition) is 2. The summed E-state index contributed by atoms with van der Waals surface area (Å²) in [4.78, 5) is 3.91. The van der Waals surface area contributed by atoms with Gasteiger partial charge in [0.25, 0.3) is 0 Å². The summed E-state index contributed by atoms with van der Waals surface area (Å²) in [5.41, 5.74) is 7.71. The van der Waals surface area contributed by atoms with E-state index in [1.807, 2.05) is 0 Å². The first kappa shape index (κ1) is 17.6. The molecule has 8 nitrogen and oxygen atoms in total. The smallest absolute Gasteiger partial charge is 0.188 e. The highest BCUT2D eigenvalue weighted by molar-refractivity contribution is 6.09. The van der Waals surface area contributed by atoms with Gasteiger partial charge in [0, 0.05) is 49.7 Å². The summed E-state index contributed by atoms with van der Waals surface area (Å²) in [6.45, 7) is 0.614. The monoisotopic (exact) mass is 359 g/mol. The molecule has 2 heterocycles. The average Bonchev–Trinajstić information content (AvgIpc) is 3.26. The predicted octanol–water partition coefficient (Wildman–Crippen LogP) is 2.38. The van der Waals surface area contributed by atoms with Crippen molar-refractivity contribution in [3.8, 4) is 17.2 Å². The Morgan fingerprint density at radius 1 is 1.38 bits per heavy atom. The van der Waals surface area contributed by atoms with Gasteiger partial charge in [-0.15, -0.1) is 0 Å². The van der Waals surface area contributed by atoms with Gasteiger partial charge >= 0.3 is 0 Å². The molecule has 0 aliphatic heterocycles. The fourth-order valence-corrected chi connectivity index (χ4v) is 2.41. The van der Waals surface area contributed by atoms with Crippen molar-refractivity contribution in [2.24, 2.45) is 10.7 Å². The highest BCUT2D eigenvalue weighted by Crippen LogP contribution is 2.31. The van der Waals surface area contributed by atoms with E-state index < -0.39 is 5.82 Å². The number of methoxy groups -OCH3 is 1. The van der Waals surface area contributed by atoms with Gasteiger partial charge < -0.3 is 19.7 Å². The first-order valence-corrected chi connectivity index (χ1v) is 7.78. The molecule has 26 heavy (non-hydrogen) atoms. The van der Waals surface area contributed by atoms with Gasteiger partial charge in [0.05, 0.1) is 12.1 Å². The summed E-state index contributed by atoms with van der Waals surface area (Å²) >= 11 is 0. The Balaban J connectivity index is 1.94. The fraction of sp³-hybridized carbons (Fsp3) is 0.235. The maximum absolute atomic E-state index is 14.3. The van der Waals surface area contributed by atoms with Gasteiger partial charge in [-0.25, -0.2) is 4.39 Å². The number of fused-ring (bicyclic) bond motifs is 1. The van der Waals surface area contributed by atoms with Crippen LogP contribution in [0.4, 0.5) is 4.39 Å². The second kappa shape index (κ2) is 7.79. The number of ether oxygens (including phenoxy) is 2. The lowest BCUT2D eigenvalue weighted by molar-refractivity contribution is 0.144. The van der Waals surface area contributed by atoms with Crippen LogP contribution in [0, 0.1) is 5.82 Å². The van der Waals surface area contributed by atoms with Crippen LogP contribution in [-0.4, -0.2) is 48.9 Å². The Morgan fingerprint density at radius 2 is 2.23 bits per heavy atom. The minimum Gasteiger partial charge on any atom is -0.488 e. The molecule has 3 aromatic rings. The van der Waals surface area contributed by atoms with E-state index in [1.54, 1.807) is 32.5 Å². The van der Waals surface area contributed by atoms with Crippen molar-refractivity contribution >= 4 is 22.7 Å². The van der Waals surface area contributed by atoms with Gasteiger partial charge in [-0.2, -0.15) is 5.10 Å². The van der Waals surface area contributed by atoms with Crippen molar-refractivity contribution in [3.63, 3.8) is 0 Å². The normalized spacial score (nSPS) is 12.3. The minimum absolute atomic E-state index is 0.121. The lowest BCUT2D eigenvalue weighted by Crippen LogP contribution is -2.05. The van der Waals surface area contributed by atoms with E-state index in [0.717, 1.165) is 0 Å². The zero-order chi connectivity index (χ0) is 18.5. The van der Waals surface area contributed by atoms with Crippen molar-refractivity contribution in [1.82, 2.24) is 15.4 Å². The first-order chi connectivity index (χ1) is 12.7. The van der Waals surface area contributed by atoms with E-state index in [1.165, 1.54) is 12.3 Å². The zero-order valence-electron chi connectivity index (χ0n) is 14.3. The molecule has 0 saturated carbocycles. The second-order valence-electron chi connectivity index (χ2n) is 5.33. The molecule has 0 atom stereocenters. The molecule has 0 amide bonds. The summed E-state index contributed by atoms with van der Waals surface area (Å²) in [6, 6.07) is 4.55. The van der Waals surface area contributed by atoms with Crippen LogP contribution in [0.5, 0.6) is 5.75 Å². The van der Waals surface area contributed by atoms with Gasteiger partial charge in [0.15, 0.2) is 17.3 Å². The Kier molecular flexibility index (Phi) is 5.28. The summed E-state index contributed by atoms with van der Waals surface area (Å²) in [7, 11) is 3.17. The van der Waals surface area contributed by atoms with Crippen molar-refractivity contribution in [2.45, 2.75) is 0 Å². The number of benzene rings is 1. The van der Waals surface area contributed by atoms with Crippen LogP contribution in [0.25, 0.3) is 27.9 Å². The average molecular weight is 359 g/mol. The highest BCUT2D eigenvalue weighted by atomic mass is 19.1. The first-order valence-electron chi connectivity index (χ1n) is 7.78. The third-order valence-electron chi connectivity index (χ3n) is 3.65. The van der Waals surface area contributed by atoms with Crippen LogP contribution < -0.4 is 10.5 Å². The van der Waals surface area contributed by atoms with Crippen LogP contribution in [0.2, 0.25) is 0 Å². The van der Waals surface area contributed by atoms with E-state index in [4.69, 9.17) is 19.7 Å². The predicted molar refractivity (Wildman–Crippen MR) is 95.5 cm³/mol. The van der Waals surface area contributed by atoms with E-state index in [-0.39, 0.29) is 12.4 Å². The number of aromatic amines is 1. The molecule has 0 aliphatic carbocycles. The number of halogens is 1. The van der Waals surface area contributed by atoms with Crippen LogP contribution in [0.3, 0.4) is 0 Å². The molecular formula is C17H18FN5O3. The lowest BCUT2D eigenvalue weighted by atomic mass is 10.1. The number of aliphatic imine (C=N–C) groups is 1. The number of nitrogens with zero attached hydrogens (tertiary/aromatic N) is 3. The number of rotatable bonds is 7. The number of nitrogens with two attached hydrogens (primary N) is 1. The zero-order valence-corrected chi connectivity index (χ0v) is 14.3. The van der Waals surface area contributed by atoms with Gasteiger partial charge in [-0.05, 0) is 6.07 Å². The fourth-order valence-electron chi connectivity index (χ4n) is 2.41. The number of hydrogen-bond acceptors (Lipinski definition) is 7. The molecule has 136 valence electrons. The molecule has 9 heteroatoms. The lowest BCUT2D eigenvalue weighted by Gasteiger charge is -2.06. The van der Waals surface area contributed by atoms with E-state index in [0.29, 0.717) is 40.2 Å². The van der Waals surface area contributed by atoms with Gasteiger partial charge in [-0.3, -0.25) is 10.1 Å². The SMILES string of the molecule is CN=CC(=CN)c1cc(-c2n[nH]c3cc(OCCOC)c(F)cc23)on1. The largest absolute Gasteiger partial charge is 0.488 e. The Morgan fingerprint density at radius 3 is 2.96 bits per heavy atom. The van der Waals surface area contributed by atoms with Crippen molar-refractivity contribution in [3.05, 3.63) is 35.9 Å². The number of nitrogens with one attached hydrogen (secondary N) is 1. The van der Waals surface area contributed by atoms with Crippen LogP contribution in [0.15, 0.2) is 33.9 Å². The van der Waals surface area contributed by atoms with Gasteiger partial charge in [0.2, 0.25) is 0 Å². The van der Waals surface area contributed by atoms with Crippen molar-refractivity contribution in [1.29, 1.82) is 0 Å². The standard InChI is InChI=1S/C17H18FN5O3/c1-20-9-10(8-19)13-6-16(26-23-13)17-11-5-12(18)15(25-4-3-24-2)7-14(11)21-22-17/h5-9H,3-4,19H2,1-2H3,(H,21,22). The topological polar surface area (TPSA) is 112 Å². The van der Waals surface area contributed by atoms with E-state index >= 15 is 0 Å². The molecular weight excluding hydrogens is 341 g/mol. The summed E-state index contributed by atoms with van der Waals surface area (Å²) in [6.07, 6.45) is 2.94. The molecule has 0 bridgehead atoms. The maximum atomic E-state index is 14.3. The third-order valence-corrected chi connectivity index (χ3v) is 3.65. The van der Waals surface area contributed by atoms with Gasteiger partial charge in [0.1, 0.15) is 18.0 Å². The Bertz CT molecular complexity index is 961. The molecule has 3 N–H and O–H groups in total. The molecule has 1 aromatic carbocycles. The summed E-state index contributed by atoms with van der Waals surface area (Å²) in [5.74, 6) is -0.00489. The third kappa shape index (κ3) is 3.42. The highest BCUT2D eigenvalue weighted by Gasteiger charge is 2.17. The minimum atomic E-state index is -0.503. The quantitative estimate of drug-likeness (QED) is 0.495. The molecule has 0 saturated heterocycles. The molecule has 0 spiro atoms. The molecule has 3 rings (SSSR count). The molecule has 2 aromatic heterocycles. The van der Waals surface area contributed by atoms with Crippen molar-refractivity contribution in [2.75, 3.05) is 27.4 Å². The summed E-state index contributed by atoms with van der Waals surface area (Å²) in [5, 5.41) is 11.5. The molecule has 0 fully saturated rings. The second-order valence-corrected chi connectivity index (χ2v) is 5.33. The summed E-state index contributed by atoms with van der Waals surface area (Å²) < 4.78 is 29.9. The number of allylic oxidation sites excluding steroid dienone is 1. The molecule has 0 aliphatic rings. The molecule has 0 unspecified atom stereocenters. The van der Waals surface area contributed by atoms with E-state index in [2.05, 4.69) is 20.3 Å². The van der Waals surface area contributed by atoms with Gasteiger partial charge in [-0.1, -0.05) is 5.16 Å². The Labute approximate surface area is 148 Å². The Hall–Kier alpha value is -3.20. The van der Waals surface area contributed by atoms with E-state index in [9.17, 15) is 4.39 Å². The molecule has 0 radical (unpaired) electrons. The number of H-pyrrole nitrogens is 1. The van der Waals surface area contributed by atoms with Crippen molar-refractivity contribution < 1.29 is 18.4 Å². The van der Waals surface area contributed by atoms with Crippen LogP contribution in [0.1, 0.15) is 5.69 Å². The van der Waals surface area contributed by atoms with Crippen LogP contribution >= 0.6 is 0 Å². The van der Waals surface area contributed by atoms with Crippen LogP contribution in [-0.2, 0) is 4.74 Å².